The maximum atomic E-state index is 11.9. The van der Waals surface area contributed by atoms with Crippen LogP contribution in [0.3, 0.4) is 0 Å². The molecule has 1 heterocycles. The Kier molecular flexibility index (Phi) is 4.36. The smallest absolute Gasteiger partial charge is 0.352 e. The minimum atomic E-state index is -1.08. The van der Waals surface area contributed by atoms with Crippen LogP contribution in [0, 0.1) is 11.3 Å². The summed E-state index contributed by atoms with van der Waals surface area (Å²) in [5.74, 6) is -1.39. The number of hydrogen-bond donors (Lipinski definition) is 2. The van der Waals surface area contributed by atoms with Gasteiger partial charge in [0.2, 0.25) is 5.91 Å². The van der Waals surface area contributed by atoms with E-state index in [0.29, 0.717) is 12.1 Å². The molecule has 2 aromatic rings. The molecule has 0 unspecified atom stereocenters. The number of aromatic carboxylic acids is 1. The highest BCUT2D eigenvalue weighted by Crippen LogP contribution is 2.10. The Morgan fingerprint density at radius 1 is 1.24 bits per heavy atom. The summed E-state index contributed by atoms with van der Waals surface area (Å²) in [6, 6.07) is 12.0. The third-order valence-corrected chi connectivity index (χ3v) is 2.88. The molecule has 2 N–H and O–H groups in total. The number of hydrogen-bond acceptors (Lipinski definition) is 3. The molecule has 1 aromatic carbocycles. The number of carboxylic acid groups (broad SMARTS) is 1. The van der Waals surface area contributed by atoms with Crippen molar-refractivity contribution in [2.45, 2.75) is 13.0 Å². The molecule has 0 aliphatic heterocycles. The van der Waals surface area contributed by atoms with Crippen LogP contribution < -0.4 is 5.32 Å². The van der Waals surface area contributed by atoms with Crippen LogP contribution in [0.25, 0.3) is 0 Å². The van der Waals surface area contributed by atoms with Crippen molar-refractivity contribution in [3.8, 4) is 6.07 Å². The maximum absolute atomic E-state index is 11.9. The Bertz CT molecular complexity index is 696. The predicted molar refractivity (Wildman–Crippen MR) is 75.8 cm³/mol. The molecule has 0 fully saturated rings. The molecule has 1 aromatic heterocycles. The molecule has 0 bridgehead atoms. The highest BCUT2D eigenvalue weighted by Gasteiger charge is 2.11. The van der Waals surface area contributed by atoms with Gasteiger partial charge in [-0.05, 0) is 29.8 Å². The van der Waals surface area contributed by atoms with Gasteiger partial charge in [0.25, 0.3) is 0 Å². The van der Waals surface area contributed by atoms with Crippen molar-refractivity contribution in [1.29, 1.82) is 5.26 Å². The molecule has 0 atom stereocenters. The summed E-state index contributed by atoms with van der Waals surface area (Å²) >= 11 is 0. The quantitative estimate of drug-likeness (QED) is 0.876. The normalized spacial score (nSPS) is 9.86. The number of aromatic nitrogens is 1. The molecule has 0 saturated heterocycles. The third kappa shape index (κ3) is 3.70. The summed E-state index contributed by atoms with van der Waals surface area (Å²) in [4.78, 5) is 22.8. The minimum Gasteiger partial charge on any atom is -0.477 e. The summed E-state index contributed by atoms with van der Waals surface area (Å²) in [6.07, 6.45) is 1.86. The lowest BCUT2D eigenvalue weighted by Gasteiger charge is -2.08. The number of rotatable bonds is 5. The first-order valence-electron chi connectivity index (χ1n) is 6.24. The molecule has 1 amide bonds. The van der Waals surface area contributed by atoms with Crippen LogP contribution in [-0.4, -0.2) is 21.6 Å². The fourth-order valence-corrected chi connectivity index (χ4v) is 1.90. The van der Waals surface area contributed by atoms with Crippen molar-refractivity contribution < 1.29 is 14.7 Å². The van der Waals surface area contributed by atoms with Gasteiger partial charge in [-0.2, -0.15) is 5.26 Å². The van der Waals surface area contributed by atoms with Crippen LogP contribution in [0.1, 0.15) is 16.1 Å². The lowest BCUT2D eigenvalue weighted by atomic mass is 10.1. The first-order chi connectivity index (χ1) is 10.1. The zero-order valence-corrected chi connectivity index (χ0v) is 11.1. The van der Waals surface area contributed by atoms with Crippen LogP contribution in [0.15, 0.2) is 42.6 Å². The van der Waals surface area contributed by atoms with E-state index in [1.165, 1.54) is 10.6 Å². The second-order valence-corrected chi connectivity index (χ2v) is 4.41. The number of benzene rings is 1. The Balaban J connectivity index is 2.00. The zero-order valence-electron chi connectivity index (χ0n) is 11.1. The van der Waals surface area contributed by atoms with Gasteiger partial charge in [0.1, 0.15) is 12.2 Å². The van der Waals surface area contributed by atoms with Gasteiger partial charge in [-0.15, -0.1) is 0 Å². The highest BCUT2D eigenvalue weighted by atomic mass is 16.4. The van der Waals surface area contributed by atoms with Gasteiger partial charge >= 0.3 is 5.97 Å². The molecule has 0 aliphatic rings. The summed E-state index contributed by atoms with van der Waals surface area (Å²) in [5.41, 5.74) is 1.54. The lowest BCUT2D eigenvalue weighted by Crippen LogP contribution is -2.20. The Hall–Kier alpha value is -3.07. The van der Waals surface area contributed by atoms with Gasteiger partial charge in [-0.25, -0.2) is 4.79 Å². The molecule has 0 radical (unpaired) electrons. The van der Waals surface area contributed by atoms with E-state index in [2.05, 4.69) is 5.32 Å². The number of carboxylic acids is 1. The van der Waals surface area contributed by atoms with Gasteiger partial charge in [-0.1, -0.05) is 12.1 Å². The van der Waals surface area contributed by atoms with Gasteiger partial charge in [-0.3, -0.25) is 4.79 Å². The average Bonchev–Trinajstić information content (AvgIpc) is 2.89. The fraction of sp³-hybridized carbons (Fsp3) is 0.133. The third-order valence-electron chi connectivity index (χ3n) is 2.88. The van der Waals surface area contributed by atoms with E-state index in [1.807, 2.05) is 6.07 Å². The standard InChI is InChI=1S/C15H13N3O3/c16-8-7-11-3-5-12(6-4-11)17-14(19)10-18-9-1-2-13(18)15(20)21/h1-6,9H,7,10H2,(H,17,19)(H,20,21). The number of nitrogens with zero attached hydrogens (tertiary/aromatic N) is 2. The summed E-state index contributed by atoms with van der Waals surface area (Å²) in [7, 11) is 0. The summed E-state index contributed by atoms with van der Waals surface area (Å²) < 4.78 is 1.36. The van der Waals surface area contributed by atoms with Crippen molar-refractivity contribution in [3.63, 3.8) is 0 Å². The molecule has 2 rings (SSSR count). The minimum absolute atomic E-state index is 0.0644. The Morgan fingerprint density at radius 2 is 1.95 bits per heavy atom. The van der Waals surface area contributed by atoms with Gasteiger partial charge < -0.3 is 15.0 Å². The molecular formula is C15H13N3O3. The molecule has 0 spiro atoms. The van der Waals surface area contributed by atoms with Crippen LogP contribution in [0.5, 0.6) is 0 Å². The van der Waals surface area contributed by atoms with E-state index in [0.717, 1.165) is 5.56 Å². The van der Waals surface area contributed by atoms with Crippen molar-refractivity contribution >= 4 is 17.6 Å². The number of carbonyl (C=O) groups is 2. The topological polar surface area (TPSA) is 95.1 Å². The fourth-order valence-electron chi connectivity index (χ4n) is 1.90. The average molecular weight is 283 g/mol. The lowest BCUT2D eigenvalue weighted by molar-refractivity contribution is -0.116. The molecule has 21 heavy (non-hydrogen) atoms. The zero-order chi connectivity index (χ0) is 15.2. The summed E-state index contributed by atoms with van der Waals surface area (Å²) in [6.45, 7) is -0.0748. The monoisotopic (exact) mass is 283 g/mol. The van der Waals surface area contributed by atoms with Crippen LogP contribution in [0.4, 0.5) is 5.69 Å². The summed E-state index contributed by atoms with van der Waals surface area (Å²) in [5, 5.41) is 20.2. The molecule has 0 saturated carbocycles. The molecular weight excluding hydrogens is 270 g/mol. The van der Waals surface area contributed by atoms with Crippen LogP contribution >= 0.6 is 0 Å². The van der Waals surface area contributed by atoms with E-state index in [4.69, 9.17) is 10.4 Å². The van der Waals surface area contributed by atoms with E-state index < -0.39 is 5.97 Å². The van der Waals surface area contributed by atoms with Gasteiger partial charge in [0.15, 0.2) is 0 Å². The van der Waals surface area contributed by atoms with E-state index >= 15 is 0 Å². The molecule has 106 valence electrons. The molecule has 0 aliphatic carbocycles. The number of nitrogens with one attached hydrogen (secondary N) is 1. The highest BCUT2D eigenvalue weighted by molar-refractivity contribution is 5.92. The number of nitriles is 1. The maximum Gasteiger partial charge on any atom is 0.352 e. The van der Waals surface area contributed by atoms with Crippen LogP contribution in [-0.2, 0) is 17.8 Å². The van der Waals surface area contributed by atoms with Crippen molar-refractivity contribution in [3.05, 3.63) is 53.9 Å². The Labute approximate surface area is 121 Å². The van der Waals surface area contributed by atoms with Crippen molar-refractivity contribution in [2.24, 2.45) is 0 Å². The van der Waals surface area contributed by atoms with Gasteiger partial charge in [0.05, 0.1) is 12.5 Å². The molecule has 6 heteroatoms. The van der Waals surface area contributed by atoms with E-state index in [1.54, 1.807) is 36.5 Å². The largest absolute Gasteiger partial charge is 0.477 e. The van der Waals surface area contributed by atoms with Crippen LogP contribution in [0.2, 0.25) is 0 Å². The second kappa shape index (κ2) is 6.39. The Morgan fingerprint density at radius 3 is 2.57 bits per heavy atom. The number of carbonyl (C=O) groups excluding carboxylic acids is 1. The van der Waals surface area contributed by atoms with Crippen molar-refractivity contribution in [1.82, 2.24) is 4.57 Å². The second-order valence-electron chi connectivity index (χ2n) is 4.41. The number of anilines is 1. The first-order valence-corrected chi connectivity index (χ1v) is 6.24. The first kappa shape index (κ1) is 14.3. The predicted octanol–water partition coefficient (Wildman–Crippen LogP) is 1.89. The van der Waals surface area contributed by atoms with Gasteiger partial charge in [0, 0.05) is 11.9 Å². The van der Waals surface area contributed by atoms with Crippen molar-refractivity contribution in [2.75, 3.05) is 5.32 Å². The molecule has 6 nitrogen and oxygen atoms in total. The SMILES string of the molecule is N#CCc1ccc(NC(=O)Cn2cccc2C(=O)O)cc1. The van der Waals surface area contributed by atoms with E-state index in [9.17, 15) is 9.59 Å². The van der Waals surface area contributed by atoms with E-state index in [-0.39, 0.29) is 18.1 Å². The number of amides is 1.